The zero-order valence-electron chi connectivity index (χ0n) is 15.8. The molecule has 4 rings (SSSR count). The molecule has 1 saturated heterocycles. The molecule has 0 spiro atoms. The number of piperidine rings is 1. The number of aromatic nitrogens is 3. The quantitative estimate of drug-likeness (QED) is 0.624. The van der Waals surface area contributed by atoms with Gasteiger partial charge in [0, 0.05) is 32.0 Å². The summed E-state index contributed by atoms with van der Waals surface area (Å²) >= 11 is 1.56. The average Bonchev–Trinajstić information content (AvgIpc) is 3.44. The zero-order valence-corrected chi connectivity index (χ0v) is 16.6. The Hall–Kier alpha value is -2.67. The van der Waals surface area contributed by atoms with Crippen molar-refractivity contribution in [1.29, 1.82) is 0 Å². The average molecular weight is 396 g/mol. The van der Waals surface area contributed by atoms with E-state index in [1.807, 2.05) is 35.2 Å². The van der Waals surface area contributed by atoms with Gasteiger partial charge in [-0.25, -0.2) is 0 Å². The first-order valence-electron chi connectivity index (χ1n) is 9.83. The van der Waals surface area contributed by atoms with E-state index in [0.29, 0.717) is 6.54 Å². The van der Waals surface area contributed by atoms with Crippen molar-refractivity contribution in [2.75, 3.05) is 24.5 Å². The van der Waals surface area contributed by atoms with Gasteiger partial charge in [0.2, 0.25) is 16.2 Å². The lowest BCUT2D eigenvalue weighted by molar-refractivity contribution is -0.125. The predicted octanol–water partition coefficient (Wildman–Crippen LogP) is 3.29. The Bertz CT molecular complexity index is 877. The van der Waals surface area contributed by atoms with Crippen molar-refractivity contribution in [2.45, 2.75) is 25.7 Å². The molecule has 2 aromatic heterocycles. The molecule has 0 radical (unpaired) electrons. The smallest absolute Gasteiger partial charge is 0.224 e. The summed E-state index contributed by atoms with van der Waals surface area (Å²) in [6.07, 6.45) is 7.82. The van der Waals surface area contributed by atoms with Gasteiger partial charge < -0.3 is 10.2 Å². The number of benzene rings is 1. The second-order valence-corrected chi connectivity index (χ2v) is 8.06. The Kier molecular flexibility index (Phi) is 6.01. The summed E-state index contributed by atoms with van der Waals surface area (Å²) in [5.74, 6) is 0.178. The molecular formula is C21H25N5OS. The van der Waals surface area contributed by atoms with E-state index in [0.717, 1.165) is 49.0 Å². The molecule has 146 valence electrons. The highest BCUT2D eigenvalue weighted by Crippen LogP contribution is 2.27. The van der Waals surface area contributed by atoms with Crippen LogP contribution in [0.15, 0.2) is 54.9 Å². The summed E-state index contributed by atoms with van der Waals surface area (Å²) in [6.45, 7) is 2.36. The van der Waals surface area contributed by atoms with Crippen LogP contribution in [0.25, 0.3) is 5.13 Å². The van der Waals surface area contributed by atoms with E-state index in [-0.39, 0.29) is 11.8 Å². The van der Waals surface area contributed by atoms with E-state index in [9.17, 15) is 4.79 Å². The normalized spacial score (nSPS) is 16.9. The van der Waals surface area contributed by atoms with Crippen LogP contribution >= 0.6 is 11.3 Å². The summed E-state index contributed by atoms with van der Waals surface area (Å²) in [5, 5.41) is 13.5. The van der Waals surface area contributed by atoms with Crippen molar-refractivity contribution in [3.05, 3.63) is 60.4 Å². The molecule has 0 unspecified atom stereocenters. The number of hydrogen-bond donors (Lipinski definition) is 1. The van der Waals surface area contributed by atoms with Crippen LogP contribution in [0.4, 0.5) is 5.13 Å². The van der Waals surface area contributed by atoms with Gasteiger partial charge >= 0.3 is 0 Å². The predicted molar refractivity (Wildman–Crippen MR) is 112 cm³/mol. The summed E-state index contributed by atoms with van der Waals surface area (Å²) in [7, 11) is 0. The van der Waals surface area contributed by atoms with Gasteiger partial charge in [0.15, 0.2) is 0 Å². The molecule has 0 aliphatic carbocycles. The molecule has 6 nitrogen and oxygen atoms in total. The number of aryl methyl sites for hydroxylation is 1. The summed E-state index contributed by atoms with van der Waals surface area (Å²) < 4.78 is 1.96. The van der Waals surface area contributed by atoms with E-state index in [4.69, 9.17) is 0 Å². The molecule has 3 heterocycles. The molecule has 28 heavy (non-hydrogen) atoms. The lowest BCUT2D eigenvalue weighted by Crippen LogP contribution is -2.43. The number of amides is 1. The minimum absolute atomic E-state index is 0.0180. The minimum atomic E-state index is 0.0180. The SMILES string of the molecule is O=C(NCCCc1ccccc1)[C@@H]1CCCN(c2nnc(-n3cccc3)s2)C1. The fourth-order valence-electron chi connectivity index (χ4n) is 3.56. The Labute approximate surface area is 169 Å². The molecule has 7 heteroatoms. The van der Waals surface area contributed by atoms with Crippen LogP contribution in [0.1, 0.15) is 24.8 Å². The molecule has 1 aliphatic rings. The van der Waals surface area contributed by atoms with Crippen LogP contribution in [0, 0.1) is 5.92 Å². The Balaban J connectivity index is 1.27. The Morgan fingerprint density at radius 1 is 1.11 bits per heavy atom. The third kappa shape index (κ3) is 4.59. The van der Waals surface area contributed by atoms with Crippen LogP contribution in [-0.2, 0) is 11.2 Å². The molecule has 0 saturated carbocycles. The molecule has 1 fully saturated rings. The van der Waals surface area contributed by atoms with Crippen molar-refractivity contribution >= 4 is 22.4 Å². The standard InChI is InChI=1S/C21H25N5OS/c27-19(22-12-6-10-17-8-2-1-3-9-17)18-11-7-15-26(16-18)21-24-23-20(28-21)25-13-4-5-14-25/h1-5,8-9,13-14,18H,6-7,10-12,15-16H2,(H,22,27)/t18-/m1/s1. The minimum Gasteiger partial charge on any atom is -0.356 e. The van der Waals surface area contributed by atoms with E-state index in [1.165, 1.54) is 5.56 Å². The molecular weight excluding hydrogens is 370 g/mol. The second kappa shape index (κ2) is 9.01. The first kappa shape index (κ1) is 18.7. The Morgan fingerprint density at radius 2 is 1.89 bits per heavy atom. The topological polar surface area (TPSA) is 63.1 Å². The highest BCUT2D eigenvalue weighted by Gasteiger charge is 2.27. The number of carbonyl (C=O) groups is 1. The number of anilines is 1. The number of rotatable bonds is 7. The van der Waals surface area contributed by atoms with Crippen LogP contribution in [0.5, 0.6) is 0 Å². The lowest BCUT2D eigenvalue weighted by atomic mass is 9.97. The number of carbonyl (C=O) groups excluding carboxylic acids is 1. The fraction of sp³-hybridized carbons (Fsp3) is 0.381. The van der Waals surface area contributed by atoms with Crippen molar-refractivity contribution in [1.82, 2.24) is 20.1 Å². The van der Waals surface area contributed by atoms with Gasteiger partial charge in [0.1, 0.15) is 0 Å². The van der Waals surface area contributed by atoms with Gasteiger partial charge in [-0.3, -0.25) is 9.36 Å². The van der Waals surface area contributed by atoms with Crippen LogP contribution in [-0.4, -0.2) is 40.3 Å². The van der Waals surface area contributed by atoms with E-state index in [1.54, 1.807) is 11.3 Å². The number of nitrogens with zero attached hydrogens (tertiary/aromatic N) is 4. The summed E-state index contributed by atoms with van der Waals surface area (Å²) in [5.41, 5.74) is 1.32. The highest BCUT2D eigenvalue weighted by molar-refractivity contribution is 7.17. The van der Waals surface area contributed by atoms with Gasteiger partial charge in [0.05, 0.1) is 5.92 Å². The van der Waals surface area contributed by atoms with Crippen LogP contribution in [0.3, 0.4) is 0 Å². The first-order valence-corrected chi connectivity index (χ1v) is 10.6. The number of nitrogens with one attached hydrogen (secondary N) is 1. The van der Waals surface area contributed by atoms with E-state index >= 15 is 0 Å². The molecule has 3 aromatic rings. The Morgan fingerprint density at radius 3 is 2.71 bits per heavy atom. The van der Waals surface area contributed by atoms with E-state index in [2.05, 4.69) is 44.7 Å². The summed E-state index contributed by atoms with van der Waals surface area (Å²) in [6, 6.07) is 14.3. The largest absolute Gasteiger partial charge is 0.356 e. The van der Waals surface area contributed by atoms with Gasteiger partial charge in [-0.15, -0.1) is 10.2 Å². The maximum atomic E-state index is 12.6. The molecule has 1 aromatic carbocycles. The van der Waals surface area contributed by atoms with Gasteiger partial charge in [-0.1, -0.05) is 41.7 Å². The van der Waals surface area contributed by atoms with Gasteiger partial charge in [0.25, 0.3) is 0 Å². The van der Waals surface area contributed by atoms with Crippen molar-refractivity contribution in [3.63, 3.8) is 0 Å². The zero-order chi connectivity index (χ0) is 19.2. The molecule has 1 N–H and O–H groups in total. The van der Waals surface area contributed by atoms with Gasteiger partial charge in [-0.2, -0.15) is 0 Å². The lowest BCUT2D eigenvalue weighted by Gasteiger charge is -2.31. The van der Waals surface area contributed by atoms with E-state index < -0.39 is 0 Å². The fourth-order valence-corrected chi connectivity index (χ4v) is 4.41. The third-order valence-electron chi connectivity index (χ3n) is 5.08. The molecule has 1 aliphatic heterocycles. The second-order valence-electron chi connectivity index (χ2n) is 7.12. The molecule has 1 atom stereocenters. The summed E-state index contributed by atoms with van der Waals surface area (Å²) in [4.78, 5) is 14.8. The monoisotopic (exact) mass is 395 g/mol. The molecule has 1 amide bonds. The highest BCUT2D eigenvalue weighted by atomic mass is 32.1. The maximum absolute atomic E-state index is 12.6. The molecule has 0 bridgehead atoms. The van der Waals surface area contributed by atoms with Crippen LogP contribution < -0.4 is 10.2 Å². The first-order chi connectivity index (χ1) is 13.8. The maximum Gasteiger partial charge on any atom is 0.224 e. The van der Waals surface area contributed by atoms with Crippen LogP contribution in [0.2, 0.25) is 0 Å². The third-order valence-corrected chi connectivity index (χ3v) is 6.07. The van der Waals surface area contributed by atoms with Gasteiger partial charge in [-0.05, 0) is 43.4 Å². The van der Waals surface area contributed by atoms with Crippen molar-refractivity contribution in [3.8, 4) is 5.13 Å². The van der Waals surface area contributed by atoms with Crippen molar-refractivity contribution in [2.24, 2.45) is 5.92 Å². The number of hydrogen-bond acceptors (Lipinski definition) is 5. The van der Waals surface area contributed by atoms with Crippen molar-refractivity contribution < 1.29 is 4.79 Å².